The largest absolute Gasteiger partial charge is 0.497 e. The summed E-state index contributed by atoms with van der Waals surface area (Å²) in [4.78, 5) is 0. The minimum absolute atomic E-state index is 0.101. The van der Waals surface area contributed by atoms with Crippen molar-refractivity contribution in [1.29, 1.82) is 0 Å². The Kier molecular flexibility index (Phi) is 5.40. The van der Waals surface area contributed by atoms with Crippen molar-refractivity contribution >= 4 is 0 Å². The predicted molar refractivity (Wildman–Crippen MR) is 86.6 cm³/mol. The third-order valence-electron chi connectivity index (χ3n) is 4.24. The maximum absolute atomic E-state index is 10.9. The number of ether oxygens (including phenoxy) is 1. The summed E-state index contributed by atoms with van der Waals surface area (Å²) in [5.74, 6) is 1.32. The van der Waals surface area contributed by atoms with Crippen LogP contribution in [0.15, 0.2) is 54.6 Å². The Balaban J connectivity index is 2.31. The molecular formula is C19H24O2. The van der Waals surface area contributed by atoms with Gasteiger partial charge in [0, 0.05) is 5.92 Å². The van der Waals surface area contributed by atoms with Gasteiger partial charge < -0.3 is 9.84 Å². The van der Waals surface area contributed by atoms with Gasteiger partial charge in [-0.15, -0.1) is 0 Å². The summed E-state index contributed by atoms with van der Waals surface area (Å²) < 4.78 is 5.18. The lowest BCUT2D eigenvalue weighted by Crippen LogP contribution is -2.18. The highest BCUT2D eigenvalue weighted by atomic mass is 16.5. The van der Waals surface area contributed by atoms with Gasteiger partial charge >= 0.3 is 0 Å². The summed E-state index contributed by atoms with van der Waals surface area (Å²) in [6, 6.07) is 18.0. The standard InChI is InChI=1S/C19H24O2/c1-4-14(2)18(15-8-6-5-7-9-15)19(20)16-10-12-17(21-3)13-11-16/h5-14,18-20H,4H2,1-3H3. The van der Waals surface area contributed by atoms with Gasteiger partial charge in [0.2, 0.25) is 0 Å². The number of aliphatic hydroxyl groups is 1. The van der Waals surface area contributed by atoms with E-state index >= 15 is 0 Å². The highest BCUT2D eigenvalue weighted by Gasteiger charge is 2.27. The molecule has 3 atom stereocenters. The molecule has 0 bridgehead atoms. The van der Waals surface area contributed by atoms with Crippen LogP contribution in [0.5, 0.6) is 5.75 Å². The SMILES string of the molecule is CCC(C)C(c1ccccc1)C(O)c1ccc(OC)cc1. The monoisotopic (exact) mass is 284 g/mol. The second-order valence-corrected chi connectivity index (χ2v) is 5.54. The highest BCUT2D eigenvalue weighted by molar-refractivity contribution is 5.32. The first-order valence-corrected chi connectivity index (χ1v) is 7.54. The van der Waals surface area contributed by atoms with E-state index in [1.807, 2.05) is 42.5 Å². The van der Waals surface area contributed by atoms with Crippen LogP contribution in [-0.4, -0.2) is 12.2 Å². The van der Waals surface area contributed by atoms with Gasteiger partial charge in [-0.2, -0.15) is 0 Å². The van der Waals surface area contributed by atoms with Crippen LogP contribution in [0.3, 0.4) is 0 Å². The van der Waals surface area contributed by atoms with E-state index in [2.05, 4.69) is 26.0 Å². The number of hydrogen-bond acceptors (Lipinski definition) is 2. The fraction of sp³-hybridized carbons (Fsp3) is 0.368. The molecule has 2 aromatic rings. The van der Waals surface area contributed by atoms with Gasteiger partial charge in [0.05, 0.1) is 13.2 Å². The number of methoxy groups -OCH3 is 1. The van der Waals surface area contributed by atoms with Gasteiger partial charge in [0.1, 0.15) is 5.75 Å². The molecule has 2 nitrogen and oxygen atoms in total. The van der Waals surface area contributed by atoms with Crippen molar-refractivity contribution in [3.63, 3.8) is 0 Å². The minimum atomic E-state index is -0.506. The molecule has 1 N–H and O–H groups in total. The Morgan fingerprint density at radius 3 is 2.10 bits per heavy atom. The van der Waals surface area contributed by atoms with Crippen LogP contribution in [0.4, 0.5) is 0 Å². The van der Waals surface area contributed by atoms with E-state index in [1.54, 1.807) is 7.11 Å². The third-order valence-corrected chi connectivity index (χ3v) is 4.24. The van der Waals surface area contributed by atoms with Crippen LogP contribution < -0.4 is 4.74 Å². The van der Waals surface area contributed by atoms with Gasteiger partial charge in [0.15, 0.2) is 0 Å². The molecule has 0 aliphatic carbocycles. The first kappa shape index (κ1) is 15.6. The summed E-state index contributed by atoms with van der Waals surface area (Å²) >= 11 is 0. The zero-order valence-corrected chi connectivity index (χ0v) is 13.0. The van der Waals surface area contributed by atoms with E-state index < -0.39 is 6.10 Å². The summed E-state index contributed by atoms with van der Waals surface area (Å²) in [6.45, 7) is 4.37. The van der Waals surface area contributed by atoms with Crippen molar-refractivity contribution in [1.82, 2.24) is 0 Å². The molecule has 3 unspecified atom stereocenters. The Morgan fingerprint density at radius 2 is 1.57 bits per heavy atom. The minimum Gasteiger partial charge on any atom is -0.497 e. The third kappa shape index (κ3) is 3.64. The molecule has 0 aliphatic rings. The molecule has 0 radical (unpaired) electrons. The molecule has 2 heteroatoms. The highest BCUT2D eigenvalue weighted by Crippen LogP contribution is 2.38. The first-order valence-electron chi connectivity index (χ1n) is 7.54. The van der Waals surface area contributed by atoms with Crippen molar-refractivity contribution in [2.75, 3.05) is 7.11 Å². The second kappa shape index (κ2) is 7.28. The van der Waals surface area contributed by atoms with E-state index in [0.29, 0.717) is 5.92 Å². The summed E-state index contributed by atoms with van der Waals surface area (Å²) in [5, 5.41) is 10.9. The summed E-state index contributed by atoms with van der Waals surface area (Å²) in [6.07, 6.45) is 0.528. The second-order valence-electron chi connectivity index (χ2n) is 5.54. The summed E-state index contributed by atoms with van der Waals surface area (Å²) in [5.41, 5.74) is 2.13. The molecule has 0 saturated heterocycles. The molecule has 0 fully saturated rings. The number of hydrogen-bond donors (Lipinski definition) is 1. The van der Waals surface area contributed by atoms with Crippen molar-refractivity contribution in [2.24, 2.45) is 5.92 Å². The molecule has 0 spiro atoms. The fourth-order valence-electron chi connectivity index (χ4n) is 2.76. The topological polar surface area (TPSA) is 29.5 Å². The predicted octanol–water partition coefficient (Wildman–Crippen LogP) is 4.56. The zero-order valence-electron chi connectivity index (χ0n) is 13.0. The van der Waals surface area contributed by atoms with Gasteiger partial charge in [-0.3, -0.25) is 0 Å². The number of aliphatic hydroxyl groups excluding tert-OH is 1. The maximum atomic E-state index is 10.9. The Bertz CT molecular complexity index is 533. The lowest BCUT2D eigenvalue weighted by molar-refractivity contribution is 0.118. The molecule has 0 aromatic heterocycles. The van der Waals surface area contributed by atoms with E-state index in [0.717, 1.165) is 17.7 Å². The van der Waals surface area contributed by atoms with Crippen molar-refractivity contribution in [3.05, 3.63) is 65.7 Å². The Hall–Kier alpha value is -1.80. The van der Waals surface area contributed by atoms with Gasteiger partial charge in [-0.05, 0) is 29.2 Å². The smallest absolute Gasteiger partial charge is 0.118 e. The van der Waals surface area contributed by atoms with E-state index in [4.69, 9.17) is 4.74 Å². The quantitative estimate of drug-likeness (QED) is 0.842. The average molecular weight is 284 g/mol. The normalized spacial score (nSPS) is 15.2. The van der Waals surface area contributed by atoms with Gasteiger partial charge in [0.25, 0.3) is 0 Å². The van der Waals surface area contributed by atoms with Crippen LogP contribution in [0.2, 0.25) is 0 Å². The molecule has 2 aromatic carbocycles. The first-order chi connectivity index (χ1) is 10.2. The van der Waals surface area contributed by atoms with E-state index in [1.165, 1.54) is 5.56 Å². The van der Waals surface area contributed by atoms with Crippen LogP contribution in [0, 0.1) is 5.92 Å². The average Bonchev–Trinajstić information content (AvgIpc) is 2.55. The van der Waals surface area contributed by atoms with Gasteiger partial charge in [-0.1, -0.05) is 62.7 Å². The van der Waals surface area contributed by atoms with E-state index in [9.17, 15) is 5.11 Å². The molecule has 112 valence electrons. The lowest BCUT2D eigenvalue weighted by Gasteiger charge is -2.29. The molecule has 0 heterocycles. The van der Waals surface area contributed by atoms with Crippen LogP contribution in [0.25, 0.3) is 0 Å². The van der Waals surface area contributed by atoms with Crippen molar-refractivity contribution in [3.8, 4) is 5.75 Å². The van der Waals surface area contributed by atoms with Crippen LogP contribution >= 0.6 is 0 Å². The molecule has 21 heavy (non-hydrogen) atoms. The van der Waals surface area contributed by atoms with Gasteiger partial charge in [-0.25, -0.2) is 0 Å². The number of rotatable bonds is 6. The zero-order chi connectivity index (χ0) is 15.2. The molecule has 2 rings (SSSR count). The lowest BCUT2D eigenvalue weighted by atomic mass is 9.79. The fourth-order valence-corrected chi connectivity index (χ4v) is 2.76. The van der Waals surface area contributed by atoms with Crippen LogP contribution in [0.1, 0.15) is 43.4 Å². The van der Waals surface area contributed by atoms with Crippen molar-refractivity contribution < 1.29 is 9.84 Å². The van der Waals surface area contributed by atoms with Crippen molar-refractivity contribution in [2.45, 2.75) is 32.3 Å². The van der Waals surface area contributed by atoms with Crippen LogP contribution in [-0.2, 0) is 0 Å². The Morgan fingerprint density at radius 1 is 0.952 bits per heavy atom. The maximum Gasteiger partial charge on any atom is 0.118 e. The molecule has 0 amide bonds. The molecule has 0 aliphatic heterocycles. The molecule has 0 saturated carbocycles. The summed E-state index contributed by atoms with van der Waals surface area (Å²) in [7, 11) is 1.65. The number of benzene rings is 2. The molecular weight excluding hydrogens is 260 g/mol. The van der Waals surface area contributed by atoms with E-state index in [-0.39, 0.29) is 5.92 Å². The Labute approximate surface area is 127 Å².